The predicted molar refractivity (Wildman–Crippen MR) is 166 cm³/mol. The maximum Gasteiger partial charge on any atom is 0.343 e. The van der Waals surface area contributed by atoms with Crippen LogP contribution in [0.2, 0.25) is 0 Å². The van der Waals surface area contributed by atoms with Crippen molar-refractivity contribution in [3.8, 4) is 28.4 Å². The molecule has 0 spiro atoms. The van der Waals surface area contributed by atoms with Crippen molar-refractivity contribution in [1.82, 2.24) is 0 Å². The molecule has 0 saturated heterocycles. The van der Waals surface area contributed by atoms with Crippen molar-refractivity contribution in [2.75, 3.05) is 33.5 Å². The van der Waals surface area contributed by atoms with Crippen LogP contribution in [0.1, 0.15) is 36.5 Å². The molecule has 0 atom stereocenters. The summed E-state index contributed by atoms with van der Waals surface area (Å²) in [6.07, 6.45) is 0.988. The molecule has 236 valence electrons. The summed E-state index contributed by atoms with van der Waals surface area (Å²) in [6.45, 7) is 9.57. The van der Waals surface area contributed by atoms with Gasteiger partial charge in [-0.1, -0.05) is 37.4 Å². The van der Waals surface area contributed by atoms with Crippen LogP contribution in [0.5, 0.6) is 17.2 Å². The van der Waals surface area contributed by atoms with Gasteiger partial charge in [-0.2, -0.15) is 0 Å². The molecule has 0 aliphatic rings. The van der Waals surface area contributed by atoms with E-state index in [1.807, 2.05) is 36.4 Å². The highest BCUT2D eigenvalue weighted by molar-refractivity contribution is 5.93. The van der Waals surface area contributed by atoms with Crippen molar-refractivity contribution in [3.05, 3.63) is 103 Å². The number of benzene rings is 3. The van der Waals surface area contributed by atoms with Crippen LogP contribution in [-0.4, -0.2) is 57.4 Å². The number of methoxy groups -OCH3 is 1. The Morgan fingerprint density at radius 2 is 1.13 bits per heavy atom. The van der Waals surface area contributed by atoms with Crippen LogP contribution in [0.3, 0.4) is 0 Å². The third kappa shape index (κ3) is 11.7. The molecule has 0 aromatic heterocycles. The fourth-order valence-corrected chi connectivity index (χ4v) is 3.71. The van der Waals surface area contributed by atoms with Crippen LogP contribution in [0.4, 0.5) is 0 Å². The zero-order chi connectivity index (χ0) is 32.6. The number of unbranched alkanes of at least 4 members (excludes halogenated alkanes) is 1. The van der Waals surface area contributed by atoms with Crippen LogP contribution in [0.25, 0.3) is 11.1 Å². The second-order valence-electron chi connectivity index (χ2n) is 9.78. The van der Waals surface area contributed by atoms with Gasteiger partial charge in [0.15, 0.2) is 0 Å². The van der Waals surface area contributed by atoms with Gasteiger partial charge in [-0.25, -0.2) is 14.4 Å². The molecule has 45 heavy (non-hydrogen) atoms. The molecule has 0 fully saturated rings. The molecule has 0 unspecified atom stereocenters. The normalized spacial score (nSPS) is 10.3. The summed E-state index contributed by atoms with van der Waals surface area (Å²) >= 11 is 0. The van der Waals surface area contributed by atoms with E-state index >= 15 is 0 Å². The summed E-state index contributed by atoms with van der Waals surface area (Å²) in [5, 5.41) is 0. The van der Waals surface area contributed by atoms with Gasteiger partial charge < -0.3 is 28.4 Å². The molecular weight excluding hydrogens is 580 g/mol. The van der Waals surface area contributed by atoms with E-state index in [1.54, 1.807) is 43.3 Å². The van der Waals surface area contributed by atoms with Gasteiger partial charge in [0.2, 0.25) is 0 Å². The van der Waals surface area contributed by atoms with Crippen molar-refractivity contribution in [3.63, 3.8) is 0 Å². The fourth-order valence-electron chi connectivity index (χ4n) is 3.71. The topological polar surface area (TPSA) is 124 Å². The first-order chi connectivity index (χ1) is 21.7. The van der Waals surface area contributed by atoms with Crippen molar-refractivity contribution < 1.29 is 47.6 Å². The third-order valence-electron chi connectivity index (χ3n) is 6.19. The number of esters is 4. The number of ether oxygens (including phenoxy) is 6. The zero-order valence-electron chi connectivity index (χ0n) is 25.4. The minimum absolute atomic E-state index is 0.0427. The van der Waals surface area contributed by atoms with Crippen LogP contribution in [0, 0.1) is 0 Å². The highest BCUT2D eigenvalue weighted by Crippen LogP contribution is 2.25. The first-order valence-electron chi connectivity index (χ1n) is 14.2. The molecule has 0 heterocycles. The first kappa shape index (κ1) is 34.1. The summed E-state index contributed by atoms with van der Waals surface area (Å²) in [6, 6.07) is 21.2. The predicted octanol–water partition coefficient (Wildman–Crippen LogP) is 5.89. The molecule has 0 bridgehead atoms. The Morgan fingerprint density at radius 1 is 0.622 bits per heavy atom. The van der Waals surface area contributed by atoms with E-state index in [0.717, 1.165) is 11.1 Å². The second-order valence-corrected chi connectivity index (χ2v) is 9.78. The Kier molecular flexibility index (Phi) is 13.4. The van der Waals surface area contributed by atoms with Crippen LogP contribution >= 0.6 is 0 Å². The Bertz CT molecular complexity index is 1470. The summed E-state index contributed by atoms with van der Waals surface area (Å²) in [5.74, 6) is -0.492. The average Bonchev–Trinajstić information content (AvgIpc) is 3.05. The number of carbonyl (C=O) groups excluding carboxylic acids is 4. The van der Waals surface area contributed by atoms with Gasteiger partial charge in [0.25, 0.3) is 0 Å². The van der Waals surface area contributed by atoms with E-state index in [9.17, 15) is 19.2 Å². The Labute approximate surface area is 262 Å². The van der Waals surface area contributed by atoms with Gasteiger partial charge in [0.1, 0.15) is 30.5 Å². The standard InChI is InChI=1S/C35H36O10/c1-24(2)33(37)44-22-21-42-30-13-7-26(8-14-30)27-9-17-31(18-10-27)45-35(39)28-11-15-29(16-12-28)41-19-5-6-20-43-34(38)25(3)23-32(36)40-4/h7-18H,1,3,5-6,19-23H2,2,4H3. The van der Waals surface area contributed by atoms with Crippen molar-refractivity contribution in [2.45, 2.75) is 26.2 Å². The number of carbonyl (C=O) groups is 4. The molecule has 3 aromatic carbocycles. The minimum Gasteiger partial charge on any atom is -0.494 e. The van der Waals surface area contributed by atoms with Gasteiger partial charge in [0.05, 0.1) is 32.3 Å². The van der Waals surface area contributed by atoms with Crippen LogP contribution in [-0.2, 0) is 28.6 Å². The minimum atomic E-state index is -0.630. The molecule has 0 aliphatic heterocycles. The van der Waals surface area contributed by atoms with E-state index < -0.39 is 23.9 Å². The molecule has 0 N–H and O–H groups in total. The van der Waals surface area contributed by atoms with E-state index in [2.05, 4.69) is 17.9 Å². The summed E-state index contributed by atoms with van der Waals surface area (Å²) < 4.78 is 31.4. The number of rotatable bonds is 17. The van der Waals surface area contributed by atoms with Gasteiger partial charge in [-0.3, -0.25) is 4.79 Å². The third-order valence-corrected chi connectivity index (χ3v) is 6.19. The number of hydrogen-bond acceptors (Lipinski definition) is 10. The molecule has 10 nitrogen and oxygen atoms in total. The molecule has 0 aliphatic carbocycles. The van der Waals surface area contributed by atoms with Gasteiger partial charge in [0, 0.05) is 11.1 Å². The molecule has 3 aromatic rings. The largest absolute Gasteiger partial charge is 0.494 e. The fraction of sp³-hybridized carbons (Fsp3) is 0.257. The quantitative estimate of drug-likeness (QED) is 0.0596. The average molecular weight is 617 g/mol. The lowest BCUT2D eigenvalue weighted by Crippen LogP contribution is -2.13. The lowest BCUT2D eigenvalue weighted by molar-refractivity contribution is -0.144. The SMILES string of the molecule is C=C(C)C(=O)OCCOc1ccc(-c2ccc(OC(=O)c3ccc(OCCCCOC(=O)C(=C)CC(=O)OC)cc3)cc2)cc1. The lowest BCUT2D eigenvalue weighted by Gasteiger charge is -2.09. The lowest BCUT2D eigenvalue weighted by atomic mass is 10.1. The molecule has 3 rings (SSSR count). The zero-order valence-corrected chi connectivity index (χ0v) is 25.4. The molecule has 0 amide bonds. The number of hydrogen-bond donors (Lipinski definition) is 0. The van der Waals surface area contributed by atoms with E-state index in [0.29, 0.717) is 47.8 Å². The molecule has 0 radical (unpaired) electrons. The maximum atomic E-state index is 12.6. The van der Waals surface area contributed by atoms with Gasteiger partial charge >= 0.3 is 23.9 Å². The Hall–Kier alpha value is -5.38. The monoisotopic (exact) mass is 616 g/mol. The van der Waals surface area contributed by atoms with Crippen molar-refractivity contribution in [1.29, 1.82) is 0 Å². The van der Waals surface area contributed by atoms with Crippen molar-refractivity contribution >= 4 is 23.9 Å². The molecule has 10 heteroatoms. The summed E-state index contributed by atoms with van der Waals surface area (Å²) in [7, 11) is 1.24. The van der Waals surface area contributed by atoms with E-state index in [-0.39, 0.29) is 31.8 Å². The summed E-state index contributed by atoms with van der Waals surface area (Å²) in [4.78, 5) is 47.0. The molecular formula is C35H36O10. The van der Waals surface area contributed by atoms with Crippen molar-refractivity contribution in [2.24, 2.45) is 0 Å². The Balaban J connectivity index is 1.37. The summed E-state index contributed by atoms with van der Waals surface area (Å²) in [5.41, 5.74) is 2.64. The smallest absolute Gasteiger partial charge is 0.343 e. The van der Waals surface area contributed by atoms with Crippen LogP contribution < -0.4 is 14.2 Å². The maximum absolute atomic E-state index is 12.6. The van der Waals surface area contributed by atoms with E-state index in [1.165, 1.54) is 7.11 Å². The highest BCUT2D eigenvalue weighted by Gasteiger charge is 2.13. The van der Waals surface area contributed by atoms with Crippen LogP contribution in [0.15, 0.2) is 97.1 Å². The van der Waals surface area contributed by atoms with Gasteiger partial charge in [-0.05, 0) is 79.4 Å². The molecule has 0 saturated carbocycles. The second kappa shape index (κ2) is 17.7. The van der Waals surface area contributed by atoms with E-state index in [4.69, 9.17) is 23.7 Å². The first-order valence-corrected chi connectivity index (χ1v) is 14.2. The highest BCUT2D eigenvalue weighted by atomic mass is 16.6. The van der Waals surface area contributed by atoms with Gasteiger partial charge in [-0.15, -0.1) is 0 Å². The Morgan fingerprint density at radius 3 is 1.71 bits per heavy atom.